The van der Waals surface area contributed by atoms with E-state index in [1.54, 1.807) is 0 Å². The van der Waals surface area contributed by atoms with E-state index in [4.69, 9.17) is 0 Å². The largest absolute Gasteiger partial charge is 0.342 e. The minimum absolute atomic E-state index is 0.318. The van der Waals surface area contributed by atoms with Crippen molar-refractivity contribution in [3.8, 4) is 0 Å². The lowest BCUT2D eigenvalue weighted by Crippen LogP contribution is -2.56. The fourth-order valence-corrected chi connectivity index (χ4v) is 2.56. The van der Waals surface area contributed by atoms with Crippen molar-refractivity contribution >= 4 is 5.91 Å². The average Bonchev–Trinajstić information content (AvgIpc) is 2.76. The summed E-state index contributed by atoms with van der Waals surface area (Å²) < 4.78 is 0. The van der Waals surface area contributed by atoms with Gasteiger partial charge in [0.15, 0.2) is 0 Å². The minimum atomic E-state index is 0.318. The molecule has 2 rings (SSSR count). The van der Waals surface area contributed by atoms with E-state index in [2.05, 4.69) is 24.1 Å². The molecule has 0 aromatic rings. The second kappa shape index (κ2) is 5.15. The van der Waals surface area contributed by atoms with Crippen LogP contribution >= 0.6 is 0 Å². The molecule has 4 nitrogen and oxygen atoms in total. The van der Waals surface area contributed by atoms with Gasteiger partial charge in [-0.05, 0) is 26.7 Å². The summed E-state index contributed by atoms with van der Waals surface area (Å²) in [6, 6.07) is 0.977. The molecule has 0 saturated carbocycles. The number of piperazine rings is 1. The molecule has 2 atom stereocenters. The summed E-state index contributed by atoms with van der Waals surface area (Å²) >= 11 is 0. The number of carbonyl (C=O) groups is 1. The first kappa shape index (κ1) is 11.9. The first-order chi connectivity index (χ1) is 7.66. The maximum atomic E-state index is 12.0. The Kier molecular flexibility index (Phi) is 3.82. The van der Waals surface area contributed by atoms with Gasteiger partial charge in [-0.3, -0.25) is 9.69 Å². The molecule has 0 spiro atoms. The average molecular weight is 225 g/mol. The Labute approximate surface area is 98.0 Å². The van der Waals surface area contributed by atoms with Crippen LogP contribution in [0.1, 0.15) is 26.7 Å². The molecular weight excluding hydrogens is 202 g/mol. The maximum absolute atomic E-state index is 12.0. The van der Waals surface area contributed by atoms with Crippen LogP contribution in [0.15, 0.2) is 0 Å². The topological polar surface area (TPSA) is 35.6 Å². The van der Waals surface area contributed by atoms with Crippen LogP contribution in [-0.2, 0) is 4.79 Å². The zero-order valence-corrected chi connectivity index (χ0v) is 10.4. The number of likely N-dealkylation sites (tertiary alicyclic amines) is 1. The number of hydrogen-bond donors (Lipinski definition) is 1. The maximum Gasteiger partial charge on any atom is 0.236 e. The van der Waals surface area contributed by atoms with Crippen LogP contribution in [0, 0.1) is 0 Å². The number of rotatable bonds is 2. The summed E-state index contributed by atoms with van der Waals surface area (Å²) in [5.74, 6) is 0.318. The molecule has 0 bridgehead atoms. The molecule has 16 heavy (non-hydrogen) atoms. The molecule has 0 aromatic carbocycles. The van der Waals surface area contributed by atoms with E-state index >= 15 is 0 Å². The van der Waals surface area contributed by atoms with Gasteiger partial charge < -0.3 is 10.2 Å². The molecule has 0 aliphatic carbocycles. The van der Waals surface area contributed by atoms with Crippen molar-refractivity contribution in [1.82, 2.24) is 15.1 Å². The normalized spacial score (nSPS) is 32.0. The van der Waals surface area contributed by atoms with E-state index < -0.39 is 0 Å². The third-order valence-corrected chi connectivity index (χ3v) is 3.69. The highest BCUT2D eigenvalue weighted by Gasteiger charge is 2.26. The summed E-state index contributed by atoms with van der Waals surface area (Å²) in [6.07, 6.45) is 2.36. The monoisotopic (exact) mass is 225 g/mol. The fraction of sp³-hybridized carbons (Fsp3) is 0.917. The number of carbonyl (C=O) groups excluding carboxylic acids is 1. The summed E-state index contributed by atoms with van der Waals surface area (Å²) in [7, 11) is 0. The zero-order valence-electron chi connectivity index (χ0n) is 10.4. The molecule has 0 aromatic heterocycles. The Hall–Kier alpha value is -0.610. The van der Waals surface area contributed by atoms with E-state index in [1.165, 1.54) is 12.8 Å². The van der Waals surface area contributed by atoms with Crippen LogP contribution in [0.3, 0.4) is 0 Å². The fourth-order valence-electron chi connectivity index (χ4n) is 2.56. The molecule has 2 unspecified atom stereocenters. The summed E-state index contributed by atoms with van der Waals surface area (Å²) in [5.41, 5.74) is 0. The van der Waals surface area contributed by atoms with Gasteiger partial charge in [-0.15, -0.1) is 0 Å². The third kappa shape index (κ3) is 2.74. The highest BCUT2D eigenvalue weighted by molar-refractivity contribution is 5.78. The molecule has 4 heteroatoms. The minimum Gasteiger partial charge on any atom is -0.342 e. The van der Waals surface area contributed by atoms with Gasteiger partial charge in [0.1, 0.15) is 0 Å². The van der Waals surface area contributed by atoms with Crippen LogP contribution < -0.4 is 5.32 Å². The van der Waals surface area contributed by atoms with Crippen molar-refractivity contribution in [2.45, 2.75) is 38.8 Å². The van der Waals surface area contributed by atoms with Crippen molar-refractivity contribution in [1.29, 1.82) is 0 Å². The SMILES string of the molecule is CC1CN(CC(=O)N2CCCC2)C(C)CN1. The van der Waals surface area contributed by atoms with Gasteiger partial charge in [0.25, 0.3) is 0 Å². The van der Waals surface area contributed by atoms with Gasteiger partial charge in [0.05, 0.1) is 6.54 Å². The van der Waals surface area contributed by atoms with E-state index in [9.17, 15) is 4.79 Å². The van der Waals surface area contributed by atoms with Gasteiger partial charge >= 0.3 is 0 Å². The van der Waals surface area contributed by atoms with E-state index in [-0.39, 0.29) is 0 Å². The number of nitrogens with zero attached hydrogens (tertiary/aromatic N) is 2. The molecule has 2 aliphatic rings. The van der Waals surface area contributed by atoms with Gasteiger partial charge in [-0.2, -0.15) is 0 Å². The first-order valence-electron chi connectivity index (χ1n) is 6.42. The predicted octanol–water partition coefficient (Wildman–Crippen LogP) is 0.291. The molecule has 92 valence electrons. The van der Waals surface area contributed by atoms with E-state index in [0.29, 0.717) is 24.5 Å². The van der Waals surface area contributed by atoms with E-state index in [1.807, 2.05) is 4.90 Å². The van der Waals surface area contributed by atoms with E-state index in [0.717, 1.165) is 26.2 Å². The van der Waals surface area contributed by atoms with Crippen LogP contribution in [0.4, 0.5) is 0 Å². The van der Waals surface area contributed by atoms with Crippen LogP contribution in [0.25, 0.3) is 0 Å². The lowest BCUT2D eigenvalue weighted by molar-refractivity contribution is -0.132. The van der Waals surface area contributed by atoms with Gasteiger partial charge in [0.2, 0.25) is 5.91 Å². The quantitative estimate of drug-likeness (QED) is 0.734. The van der Waals surface area contributed by atoms with Crippen molar-refractivity contribution in [3.05, 3.63) is 0 Å². The second-order valence-electron chi connectivity index (χ2n) is 5.18. The molecule has 2 heterocycles. The Morgan fingerprint density at radius 3 is 2.69 bits per heavy atom. The third-order valence-electron chi connectivity index (χ3n) is 3.69. The van der Waals surface area contributed by atoms with Gasteiger partial charge in [0, 0.05) is 38.3 Å². The van der Waals surface area contributed by atoms with Gasteiger partial charge in [-0.1, -0.05) is 0 Å². The Bertz CT molecular complexity index is 251. The highest BCUT2D eigenvalue weighted by atomic mass is 16.2. The zero-order chi connectivity index (χ0) is 11.5. The lowest BCUT2D eigenvalue weighted by Gasteiger charge is -2.37. The highest BCUT2D eigenvalue weighted by Crippen LogP contribution is 2.11. The molecule has 1 amide bonds. The molecule has 2 aliphatic heterocycles. The summed E-state index contributed by atoms with van der Waals surface area (Å²) in [6.45, 7) is 8.89. The summed E-state index contributed by atoms with van der Waals surface area (Å²) in [4.78, 5) is 16.4. The Balaban J connectivity index is 1.84. The Morgan fingerprint density at radius 2 is 2.00 bits per heavy atom. The predicted molar refractivity (Wildman–Crippen MR) is 64.3 cm³/mol. The molecule has 0 radical (unpaired) electrons. The second-order valence-corrected chi connectivity index (χ2v) is 5.18. The summed E-state index contributed by atoms with van der Waals surface area (Å²) in [5, 5.41) is 3.44. The molecule has 2 saturated heterocycles. The van der Waals surface area contributed by atoms with Crippen molar-refractivity contribution in [3.63, 3.8) is 0 Å². The standard InChI is InChI=1S/C12H23N3O/c1-10-8-15(11(2)7-13-10)9-12(16)14-5-3-4-6-14/h10-11,13H,3-9H2,1-2H3. The van der Waals surface area contributed by atoms with Crippen LogP contribution in [-0.4, -0.2) is 60.5 Å². The van der Waals surface area contributed by atoms with Crippen LogP contribution in [0.5, 0.6) is 0 Å². The van der Waals surface area contributed by atoms with Gasteiger partial charge in [-0.25, -0.2) is 0 Å². The van der Waals surface area contributed by atoms with Crippen molar-refractivity contribution in [2.24, 2.45) is 0 Å². The van der Waals surface area contributed by atoms with Crippen LogP contribution in [0.2, 0.25) is 0 Å². The van der Waals surface area contributed by atoms with Crippen molar-refractivity contribution in [2.75, 3.05) is 32.7 Å². The molecular formula is C12H23N3O. The Morgan fingerprint density at radius 1 is 1.31 bits per heavy atom. The smallest absolute Gasteiger partial charge is 0.236 e. The molecule has 1 N–H and O–H groups in total. The lowest BCUT2D eigenvalue weighted by atomic mass is 10.1. The number of amides is 1. The number of nitrogens with one attached hydrogen (secondary N) is 1. The first-order valence-corrected chi connectivity index (χ1v) is 6.42. The number of hydrogen-bond acceptors (Lipinski definition) is 3. The van der Waals surface area contributed by atoms with Crippen molar-refractivity contribution < 1.29 is 4.79 Å². The molecule has 2 fully saturated rings.